The number of hydrogen-bond acceptors (Lipinski definition) is 8. The normalized spacial score (nSPS) is 15.3. The van der Waals surface area contributed by atoms with Gasteiger partial charge in [-0.3, -0.25) is 9.36 Å². The molecule has 0 bridgehead atoms. The smallest absolute Gasteiger partial charge is 0.338 e. The molecule has 0 saturated carbocycles. The van der Waals surface area contributed by atoms with Crippen LogP contribution in [0.2, 0.25) is 0 Å². The molecule has 192 valence electrons. The van der Waals surface area contributed by atoms with E-state index in [1.54, 1.807) is 44.2 Å². The highest BCUT2D eigenvalue weighted by molar-refractivity contribution is 7.07. The van der Waals surface area contributed by atoms with E-state index >= 15 is 0 Å². The maximum absolute atomic E-state index is 13.8. The Labute approximate surface area is 218 Å². The first-order valence-electron chi connectivity index (χ1n) is 11.9. The third-order valence-electron chi connectivity index (χ3n) is 5.72. The summed E-state index contributed by atoms with van der Waals surface area (Å²) in [6, 6.07) is 13.4. The standard InChI is InChI=1S/C28H28N2O6S/c1-6-35-27(33)23-17(4)29-28-30(24(23)20-9-7-8-10-21(20)36-16(2)3)25(31)22(37-28)15-18-11-13-19(14-12-18)26(32)34-5/h7-16,24H,6H2,1-5H3/b22-15+/t24-/m1/s1. The van der Waals surface area contributed by atoms with Crippen LogP contribution < -0.4 is 19.6 Å². The molecule has 3 aromatic rings. The van der Waals surface area contributed by atoms with Crippen molar-refractivity contribution in [1.29, 1.82) is 0 Å². The van der Waals surface area contributed by atoms with E-state index < -0.39 is 18.0 Å². The number of nitrogens with zero attached hydrogens (tertiary/aromatic N) is 2. The Bertz CT molecular complexity index is 1550. The van der Waals surface area contributed by atoms with Crippen LogP contribution in [0.15, 0.2) is 69.6 Å². The molecule has 0 fully saturated rings. The minimum absolute atomic E-state index is 0.110. The molecule has 0 radical (unpaired) electrons. The summed E-state index contributed by atoms with van der Waals surface area (Å²) in [4.78, 5) is 43.7. The zero-order valence-electron chi connectivity index (χ0n) is 21.3. The fourth-order valence-electron chi connectivity index (χ4n) is 4.14. The number of allylic oxidation sites excluding steroid dienone is 1. The van der Waals surface area contributed by atoms with Gasteiger partial charge in [0.2, 0.25) is 0 Å². The molecule has 1 aliphatic rings. The molecule has 0 N–H and O–H groups in total. The summed E-state index contributed by atoms with van der Waals surface area (Å²) in [6.07, 6.45) is 1.63. The van der Waals surface area contributed by atoms with Gasteiger partial charge in [0.1, 0.15) is 11.8 Å². The zero-order valence-corrected chi connectivity index (χ0v) is 22.1. The fraction of sp³-hybridized carbons (Fsp3) is 0.286. The predicted octanol–water partition coefficient (Wildman–Crippen LogP) is 3.37. The lowest BCUT2D eigenvalue weighted by Gasteiger charge is -2.26. The van der Waals surface area contributed by atoms with E-state index in [9.17, 15) is 14.4 Å². The van der Waals surface area contributed by atoms with Crippen molar-refractivity contribution in [2.24, 2.45) is 4.99 Å². The van der Waals surface area contributed by atoms with E-state index in [0.717, 1.165) is 5.56 Å². The fourth-order valence-corrected chi connectivity index (χ4v) is 5.18. The van der Waals surface area contributed by atoms with Gasteiger partial charge in [-0.05, 0) is 57.5 Å². The average molecular weight is 521 g/mol. The van der Waals surface area contributed by atoms with Gasteiger partial charge in [-0.15, -0.1) is 0 Å². The van der Waals surface area contributed by atoms with Gasteiger partial charge in [0.15, 0.2) is 4.80 Å². The maximum Gasteiger partial charge on any atom is 0.338 e. The van der Waals surface area contributed by atoms with Crippen LogP contribution in [-0.2, 0) is 14.3 Å². The number of rotatable bonds is 7. The summed E-state index contributed by atoms with van der Waals surface area (Å²) in [6.45, 7) is 7.51. The molecule has 2 aromatic carbocycles. The van der Waals surface area contributed by atoms with Gasteiger partial charge in [0.25, 0.3) is 5.56 Å². The quantitative estimate of drug-likeness (QED) is 0.443. The number of carbonyl (C=O) groups is 2. The lowest BCUT2D eigenvalue weighted by atomic mass is 9.95. The number of methoxy groups -OCH3 is 1. The van der Waals surface area contributed by atoms with Gasteiger partial charge < -0.3 is 14.2 Å². The Hall–Kier alpha value is -3.98. The number of aromatic nitrogens is 1. The first kappa shape index (κ1) is 26.1. The summed E-state index contributed by atoms with van der Waals surface area (Å²) in [5.41, 5.74) is 2.31. The molecular formula is C28H28N2O6S. The lowest BCUT2D eigenvalue weighted by molar-refractivity contribution is -0.139. The Morgan fingerprint density at radius 1 is 1.11 bits per heavy atom. The van der Waals surface area contributed by atoms with E-state index in [0.29, 0.717) is 37.5 Å². The summed E-state index contributed by atoms with van der Waals surface area (Å²) in [7, 11) is 1.32. The number of esters is 2. The summed E-state index contributed by atoms with van der Waals surface area (Å²) in [5.74, 6) is -0.386. The highest BCUT2D eigenvalue weighted by Crippen LogP contribution is 2.36. The molecule has 0 aliphatic carbocycles. The number of para-hydroxylation sites is 1. The van der Waals surface area contributed by atoms with Gasteiger partial charge >= 0.3 is 11.9 Å². The molecule has 0 saturated heterocycles. The number of ether oxygens (including phenoxy) is 3. The van der Waals surface area contributed by atoms with Crippen LogP contribution in [0.3, 0.4) is 0 Å². The Balaban J connectivity index is 1.91. The SMILES string of the molecule is CCOC(=O)C1=C(C)N=c2s/c(=C/c3ccc(C(=O)OC)cc3)c(=O)n2[C@@H]1c1ccccc1OC(C)C. The average Bonchev–Trinajstić information content (AvgIpc) is 3.17. The van der Waals surface area contributed by atoms with E-state index in [1.165, 1.54) is 23.0 Å². The van der Waals surface area contributed by atoms with Gasteiger partial charge in [0.05, 0.1) is 41.2 Å². The highest BCUT2D eigenvalue weighted by atomic mass is 32.1. The van der Waals surface area contributed by atoms with E-state index in [1.807, 2.05) is 38.1 Å². The van der Waals surface area contributed by atoms with Crippen LogP contribution in [0.4, 0.5) is 0 Å². The molecule has 0 unspecified atom stereocenters. The third-order valence-corrected chi connectivity index (χ3v) is 6.71. The van der Waals surface area contributed by atoms with Crippen molar-refractivity contribution in [1.82, 2.24) is 4.57 Å². The van der Waals surface area contributed by atoms with Crippen molar-refractivity contribution in [2.75, 3.05) is 13.7 Å². The van der Waals surface area contributed by atoms with E-state index in [-0.39, 0.29) is 18.3 Å². The minimum atomic E-state index is -0.769. The molecule has 4 rings (SSSR count). The number of hydrogen-bond donors (Lipinski definition) is 0. The second-order valence-corrected chi connectivity index (χ2v) is 9.63. The number of fused-ring (bicyclic) bond motifs is 1. The molecule has 0 spiro atoms. The van der Waals surface area contributed by atoms with Gasteiger partial charge in [-0.2, -0.15) is 0 Å². The van der Waals surface area contributed by atoms with Crippen molar-refractivity contribution in [3.8, 4) is 5.75 Å². The van der Waals surface area contributed by atoms with Crippen LogP contribution in [0.25, 0.3) is 6.08 Å². The summed E-state index contributed by atoms with van der Waals surface area (Å²) in [5, 5.41) is 0. The van der Waals surface area contributed by atoms with Crippen molar-refractivity contribution in [3.05, 3.63) is 96.2 Å². The Kier molecular flexibility index (Phi) is 7.73. The predicted molar refractivity (Wildman–Crippen MR) is 140 cm³/mol. The van der Waals surface area contributed by atoms with Crippen LogP contribution in [0, 0.1) is 0 Å². The van der Waals surface area contributed by atoms with Crippen molar-refractivity contribution < 1.29 is 23.8 Å². The zero-order chi connectivity index (χ0) is 26.7. The molecule has 1 aromatic heterocycles. The molecular weight excluding hydrogens is 492 g/mol. The van der Waals surface area contributed by atoms with Crippen LogP contribution in [-0.4, -0.2) is 36.3 Å². The molecule has 8 nitrogen and oxygen atoms in total. The van der Waals surface area contributed by atoms with Crippen molar-refractivity contribution in [2.45, 2.75) is 39.8 Å². The second-order valence-electron chi connectivity index (χ2n) is 8.62. The van der Waals surface area contributed by atoms with Crippen LogP contribution in [0.5, 0.6) is 5.75 Å². The molecule has 2 heterocycles. The lowest BCUT2D eigenvalue weighted by Crippen LogP contribution is -2.40. The minimum Gasteiger partial charge on any atom is -0.491 e. The number of benzene rings is 2. The van der Waals surface area contributed by atoms with Crippen LogP contribution >= 0.6 is 11.3 Å². The molecule has 9 heteroatoms. The molecule has 0 amide bonds. The van der Waals surface area contributed by atoms with Gasteiger partial charge in [-0.1, -0.05) is 41.7 Å². The van der Waals surface area contributed by atoms with Crippen LogP contribution in [0.1, 0.15) is 55.2 Å². The molecule has 1 aliphatic heterocycles. The summed E-state index contributed by atoms with van der Waals surface area (Å²) < 4.78 is 18.1. The van der Waals surface area contributed by atoms with E-state index in [2.05, 4.69) is 4.99 Å². The monoisotopic (exact) mass is 520 g/mol. The third kappa shape index (κ3) is 5.27. The van der Waals surface area contributed by atoms with E-state index in [4.69, 9.17) is 14.2 Å². The first-order valence-corrected chi connectivity index (χ1v) is 12.7. The molecule has 1 atom stereocenters. The number of thiazole rings is 1. The largest absolute Gasteiger partial charge is 0.491 e. The maximum atomic E-state index is 13.8. The second kappa shape index (κ2) is 11.0. The molecule has 37 heavy (non-hydrogen) atoms. The van der Waals surface area contributed by atoms with Crippen molar-refractivity contribution in [3.63, 3.8) is 0 Å². The van der Waals surface area contributed by atoms with Gasteiger partial charge in [-0.25, -0.2) is 14.6 Å². The first-order chi connectivity index (χ1) is 17.7. The highest BCUT2D eigenvalue weighted by Gasteiger charge is 2.35. The number of carbonyl (C=O) groups excluding carboxylic acids is 2. The van der Waals surface area contributed by atoms with Crippen molar-refractivity contribution >= 4 is 29.4 Å². The topological polar surface area (TPSA) is 96.2 Å². The Morgan fingerprint density at radius 3 is 2.46 bits per heavy atom. The Morgan fingerprint density at radius 2 is 1.81 bits per heavy atom. The summed E-state index contributed by atoms with van der Waals surface area (Å²) >= 11 is 1.23. The van der Waals surface area contributed by atoms with Gasteiger partial charge in [0, 0.05) is 5.56 Å².